The third-order valence-corrected chi connectivity index (χ3v) is 9.89. The second-order valence-electron chi connectivity index (χ2n) is 8.08. The van der Waals surface area contributed by atoms with Crippen LogP contribution in [-0.2, 0) is 18.7 Å². The van der Waals surface area contributed by atoms with Gasteiger partial charge in [-0.15, -0.1) is 0 Å². The molecule has 1 saturated heterocycles. The van der Waals surface area contributed by atoms with Crippen molar-refractivity contribution in [3.05, 3.63) is 11.6 Å². The maximum atomic E-state index is 11.8. The summed E-state index contributed by atoms with van der Waals surface area (Å²) < 4.78 is 17.4. The first-order chi connectivity index (χ1) is 9.99. The van der Waals surface area contributed by atoms with E-state index in [1.807, 2.05) is 6.92 Å². The Kier molecular flexibility index (Phi) is 4.64. The number of fused-ring (bicyclic) bond motifs is 1. The minimum absolute atomic E-state index is 0.141. The second kappa shape index (κ2) is 5.76. The fraction of sp³-hybridized carbons (Fsp3) is 0.824. The summed E-state index contributed by atoms with van der Waals surface area (Å²) in [5, 5.41) is 0.184. The van der Waals surface area contributed by atoms with Crippen molar-refractivity contribution in [3.8, 4) is 0 Å². The van der Waals surface area contributed by atoms with Crippen LogP contribution in [0.3, 0.4) is 0 Å². The minimum atomic E-state index is -1.81. The maximum absolute atomic E-state index is 11.8. The largest absolute Gasteiger partial charge is 0.463 e. The molecule has 1 heterocycles. The van der Waals surface area contributed by atoms with Crippen LogP contribution in [0.4, 0.5) is 0 Å². The van der Waals surface area contributed by atoms with Crippen molar-refractivity contribution in [2.45, 2.75) is 83.4 Å². The van der Waals surface area contributed by atoms with Crippen LogP contribution in [0.5, 0.6) is 0 Å². The quantitative estimate of drug-likeness (QED) is 0.341. The average Bonchev–Trinajstić information content (AvgIpc) is 2.99. The number of rotatable bonds is 4. The highest BCUT2D eigenvalue weighted by molar-refractivity contribution is 6.74. The van der Waals surface area contributed by atoms with E-state index in [0.717, 1.165) is 18.4 Å². The van der Waals surface area contributed by atoms with Gasteiger partial charge in [0.05, 0.1) is 18.8 Å². The molecular weight excluding hydrogens is 296 g/mol. The minimum Gasteiger partial charge on any atom is -0.463 e. The molecule has 3 atom stereocenters. The normalized spacial score (nSPS) is 33.5. The van der Waals surface area contributed by atoms with Crippen molar-refractivity contribution in [2.24, 2.45) is 0 Å². The molecule has 0 spiro atoms. The van der Waals surface area contributed by atoms with Crippen LogP contribution < -0.4 is 0 Å². The van der Waals surface area contributed by atoms with E-state index < -0.39 is 8.32 Å². The molecule has 1 aliphatic carbocycles. The molecule has 5 heteroatoms. The number of ether oxygens (including phenoxy) is 2. The fourth-order valence-corrected chi connectivity index (χ4v) is 4.17. The number of epoxide rings is 1. The molecule has 0 aromatic rings. The van der Waals surface area contributed by atoms with Gasteiger partial charge in [-0.3, -0.25) is 0 Å². The predicted octanol–water partition coefficient (Wildman–Crippen LogP) is 3.82. The number of esters is 1. The van der Waals surface area contributed by atoms with Crippen molar-refractivity contribution in [2.75, 3.05) is 6.61 Å². The zero-order valence-electron chi connectivity index (χ0n) is 15.0. The summed E-state index contributed by atoms with van der Waals surface area (Å²) in [6.45, 7) is 15.5. The standard InChI is InChI=1S/C17H30O4Si/c1-8-19-15(18)10-12-9-13(11-14-17(12,5)20-14)21-22(6,7)16(2,3)4/h10,13-14H,8-9,11H2,1-7H3/b12-10-/t13-,14+,17-/m1/s1. The summed E-state index contributed by atoms with van der Waals surface area (Å²) in [6.07, 6.45) is 3.62. The zero-order chi connectivity index (χ0) is 16.8. The van der Waals surface area contributed by atoms with Crippen LogP contribution in [0.2, 0.25) is 18.1 Å². The molecule has 0 bridgehead atoms. The van der Waals surface area contributed by atoms with Gasteiger partial charge >= 0.3 is 5.97 Å². The lowest BCUT2D eigenvalue weighted by atomic mass is 9.83. The Balaban J connectivity index is 2.10. The van der Waals surface area contributed by atoms with Crippen molar-refractivity contribution >= 4 is 14.3 Å². The number of carbonyl (C=O) groups is 1. The van der Waals surface area contributed by atoms with Crippen LogP contribution in [0.25, 0.3) is 0 Å². The fourth-order valence-electron chi connectivity index (χ4n) is 2.80. The van der Waals surface area contributed by atoms with Gasteiger partial charge in [-0.2, -0.15) is 0 Å². The van der Waals surface area contributed by atoms with Crippen molar-refractivity contribution in [1.82, 2.24) is 0 Å². The van der Waals surface area contributed by atoms with Gasteiger partial charge in [0.15, 0.2) is 8.32 Å². The van der Waals surface area contributed by atoms with Gasteiger partial charge in [0, 0.05) is 12.5 Å². The smallest absolute Gasteiger partial charge is 0.330 e. The van der Waals surface area contributed by atoms with E-state index in [4.69, 9.17) is 13.9 Å². The molecule has 0 aromatic heterocycles. The first kappa shape index (κ1) is 17.7. The van der Waals surface area contributed by atoms with Crippen molar-refractivity contribution in [1.29, 1.82) is 0 Å². The molecule has 4 nitrogen and oxygen atoms in total. The molecule has 1 saturated carbocycles. The van der Waals surface area contributed by atoms with Crippen LogP contribution >= 0.6 is 0 Å². The molecule has 0 N–H and O–H groups in total. The van der Waals surface area contributed by atoms with Crippen LogP contribution in [0, 0.1) is 0 Å². The highest BCUT2D eigenvalue weighted by atomic mass is 28.4. The van der Waals surface area contributed by atoms with Gasteiger partial charge in [-0.25, -0.2) is 4.79 Å². The van der Waals surface area contributed by atoms with Gasteiger partial charge < -0.3 is 13.9 Å². The summed E-state index contributed by atoms with van der Waals surface area (Å²) >= 11 is 0. The SMILES string of the molecule is CCOC(=O)/C=C1/C[C@@H](O[Si](C)(C)C(C)(C)C)C[C@@H]2O[C@]12C. The van der Waals surface area contributed by atoms with Gasteiger partial charge in [0.25, 0.3) is 0 Å². The molecule has 1 aliphatic heterocycles. The van der Waals surface area contributed by atoms with Gasteiger partial charge in [0.2, 0.25) is 0 Å². The summed E-state index contributed by atoms with van der Waals surface area (Å²) in [5.41, 5.74) is 0.742. The van der Waals surface area contributed by atoms with Gasteiger partial charge in [-0.05, 0) is 44.0 Å². The lowest BCUT2D eigenvalue weighted by molar-refractivity contribution is -0.137. The molecule has 2 aliphatic rings. The van der Waals surface area contributed by atoms with Crippen molar-refractivity contribution < 1.29 is 18.7 Å². The van der Waals surface area contributed by atoms with Gasteiger partial charge in [0.1, 0.15) is 5.60 Å². The third-order valence-electron chi connectivity index (χ3n) is 5.35. The Morgan fingerprint density at radius 2 is 2.09 bits per heavy atom. The van der Waals surface area contributed by atoms with E-state index in [9.17, 15) is 4.79 Å². The Labute approximate surface area is 135 Å². The summed E-state index contributed by atoms with van der Waals surface area (Å²) in [6, 6.07) is 0. The average molecular weight is 327 g/mol. The van der Waals surface area contributed by atoms with E-state index in [-0.39, 0.29) is 28.8 Å². The van der Waals surface area contributed by atoms with Gasteiger partial charge in [-0.1, -0.05) is 20.8 Å². The molecule has 2 rings (SSSR count). The Morgan fingerprint density at radius 3 is 2.64 bits per heavy atom. The highest BCUT2D eigenvalue weighted by Crippen LogP contribution is 2.52. The summed E-state index contributed by atoms with van der Waals surface area (Å²) in [5.74, 6) is -0.277. The lowest BCUT2D eigenvalue weighted by Gasteiger charge is -2.40. The summed E-state index contributed by atoms with van der Waals surface area (Å²) in [7, 11) is -1.81. The maximum Gasteiger partial charge on any atom is 0.330 e. The molecular formula is C17H30O4Si. The zero-order valence-corrected chi connectivity index (χ0v) is 16.0. The first-order valence-electron chi connectivity index (χ1n) is 8.23. The molecule has 0 unspecified atom stereocenters. The predicted molar refractivity (Wildman–Crippen MR) is 89.3 cm³/mol. The number of carbonyl (C=O) groups excluding carboxylic acids is 1. The first-order valence-corrected chi connectivity index (χ1v) is 11.1. The van der Waals surface area contributed by atoms with Crippen molar-refractivity contribution in [3.63, 3.8) is 0 Å². The second-order valence-corrected chi connectivity index (χ2v) is 12.8. The topological polar surface area (TPSA) is 48.1 Å². The highest BCUT2D eigenvalue weighted by Gasteiger charge is 2.59. The monoisotopic (exact) mass is 326 g/mol. The lowest BCUT2D eigenvalue weighted by Crippen LogP contribution is -2.45. The van der Waals surface area contributed by atoms with Crippen LogP contribution in [0.15, 0.2) is 11.6 Å². The Morgan fingerprint density at radius 1 is 1.45 bits per heavy atom. The Bertz CT molecular complexity index is 478. The number of hydrogen-bond donors (Lipinski definition) is 0. The molecule has 0 radical (unpaired) electrons. The van der Waals surface area contributed by atoms with E-state index in [2.05, 4.69) is 40.8 Å². The molecule has 22 heavy (non-hydrogen) atoms. The van der Waals surface area contributed by atoms with E-state index >= 15 is 0 Å². The van der Waals surface area contributed by atoms with Crippen LogP contribution in [-0.4, -0.2) is 38.7 Å². The molecule has 126 valence electrons. The molecule has 0 aromatic carbocycles. The molecule has 2 fully saturated rings. The van der Waals surface area contributed by atoms with E-state index in [0.29, 0.717) is 6.61 Å². The summed E-state index contributed by atoms with van der Waals surface area (Å²) in [4.78, 5) is 11.8. The molecule has 0 amide bonds. The Hall–Kier alpha value is -0.653. The van der Waals surface area contributed by atoms with Crippen LogP contribution in [0.1, 0.15) is 47.5 Å². The van der Waals surface area contributed by atoms with E-state index in [1.54, 1.807) is 6.08 Å². The third kappa shape index (κ3) is 3.47. The van der Waals surface area contributed by atoms with E-state index in [1.165, 1.54) is 0 Å². The number of hydrogen-bond acceptors (Lipinski definition) is 4.